The Morgan fingerprint density at radius 2 is 2.14 bits per heavy atom. The Labute approximate surface area is 134 Å². The van der Waals surface area contributed by atoms with E-state index in [1.807, 2.05) is 18.2 Å². The number of hydrogen-bond acceptors (Lipinski definition) is 3. The summed E-state index contributed by atoms with van der Waals surface area (Å²) < 4.78 is 23.8. The molecule has 0 radical (unpaired) electrons. The molecule has 0 saturated heterocycles. The average molecular weight is 342 g/mol. The Morgan fingerprint density at radius 1 is 1.33 bits per heavy atom. The van der Waals surface area contributed by atoms with Crippen LogP contribution in [0.2, 0.25) is 10.0 Å². The molecule has 1 aromatic carbocycles. The van der Waals surface area contributed by atoms with E-state index in [0.29, 0.717) is 10.0 Å². The van der Waals surface area contributed by atoms with Crippen LogP contribution in [0, 0.1) is 0 Å². The summed E-state index contributed by atoms with van der Waals surface area (Å²) in [5.41, 5.74) is 2.68. The van der Waals surface area contributed by atoms with Crippen LogP contribution in [0.25, 0.3) is 11.1 Å². The standard InChI is InChI=1S/C14H12Cl2N2O2S/c15-12-3-1-2-10(14(12)16)8-4-9(7-17-6-8)11-5-13(11)18-21(19)20/h1-4,6-7,11,13,18H,5H2,(H,19,20)/p-1. The lowest BCUT2D eigenvalue weighted by Crippen LogP contribution is -2.20. The second-order valence-corrected chi connectivity index (χ2v) is 6.40. The Balaban J connectivity index is 1.88. The van der Waals surface area contributed by atoms with Crippen LogP contribution in [-0.4, -0.2) is 19.8 Å². The first-order valence-corrected chi connectivity index (χ1v) is 8.14. The van der Waals surface area contributed by atoms with Gasteiger partial charge >= 0.3 is 0 Å². The first-order chi connectivity index (χ1) is 10.1. The van der Waals surface area contributed by atoms with E-state index in [-0.39, 0.29) is 12.0 Å². The topological polar surface area (TPSA) is 65.0 Å². The third kappa shape index (κ3) is 3.27. The number of rotatable bonds is 4. The van der Waals surface area contributed by atoms with Crippen LogP contribution in [0.3, 0.4) is 0 Å². The molecule has 3 atom stereocenters. The fourth-order valence-corrected chi connectivity index (χ4v) is 3.27. The summed E-state index contributed by atoms with van der Waals surface area (Å²) in [6.07, 6.45) is 4.25. The van der Waals surface area contributed by atoms with Gasteiger partial charge in [-0.2, -0.15) is 0 Å². The molecule has 0 spiro atoms. The summed E-state index contributed by atoms with van der Waals surface area (Å²) >= 11 is 10.0. The van der Waals surface area contributed by atoms with Gasteiger partial charge in [0.1, 0.15) is 0 Å². The second kappa shape index (κ2) is 6.02. The third-order valence-corrected chi connectivity index (χ3v) is 4.80. The zero-order chi connectivity index (χ0) is 15.0. The molecular weight excluding hydrogens is 331 g/mol. The number of benzene rings is 1. The Kier molecular flexibility index (Phi) is 4.28. The molecule has 0 amide bonds. The normalized spacial score (nSPS) is 22.0. The maximum atomic E-state index is 10.6. The molecule has 3 unspecified atom stereocenters. The van der Waals surface area contributed by atoms with Gasteiger partial charge in [-0.05, 0) is 24.1 Å². The van der Waals surface area contributed by atoms with Crippen LogP contribution in [0.1, 0.15) is 17.9 Å². The van der Waals surface area contributed by atoms with E-state index in [1.54, 1.807) is 18.5 Å². The van der Waals surface area contributed by atoms with Gasteiger partial charge in [-0.3, -0.25) is 9.19 Å². The summed E-state index contributed by atoms with van der Waals surface area (Å²) in [6.45, 7) is 0. The summed E-state index contributed by atoms with van der Waals surface area (Å²) in [5.74, 6) is 0.160. The van der Waals surface area contributed by atoms with Gasteiger partial charge < -0.3 is 4.55 Å². The van der Waals surface area contributed by atoms with Gasteiger partial charge in [0.2, 0.25) is 0 Å². The summed E-state index contributed by atoms with van der Waals surface area (Å²) in [5, 5.41) is 0.983. The smallest absolute Gasteiger partial charge is 0.0671 e. The van der Waals surface area contributed by atoms with Gasteiger partial charge in [0.05, 0.1) is 10.0 Å². The van der Waals surface area contributed by atoms with Crippen molar-refractivity contribution in [3.05, 3.63) is 52.3 Å². The quantitative estimate of drug-likeness (QED) is 0.867. The molecule has 4 nitrogen and oxygen atoms in total. The molecule has 1 aromatic heterocycles. The average Bonchev–Trinajstić information content (AvgIpc) is 3.20. The van der Waals surface area contributed by atoms with Crippen molar-refractivity contribution in [1.29, 1.82) is 0 Å². The highest BCUT2D eigenvalue weighted by atomic mass is 35.5. The van der Waals surface area contributed by atoms with E-state index in [4.69, 9.17) is 23.2 Å². The van der Waals surface area contributed by atoms with Crippen molar-refractivity contribution in [3.63, 3.8) is 0 Å². The Bertz CT molecular complexity index is 711. The van der Waals surface area contributed by atoms with E-state index < -0.39 is 11.3 Å². The molecule has 21 heavy (non-hydrogen) atoms. The number of halogens is 2. The van der Waals surface area contributed by atoms with Crippen LogP contribution in [-0.2, 0) is 11.3 Å². The molecule has 2 aromatic rings. The first-order valence-electron chi connectivity index (χ1n) is 6.31. The molecule has 1 aliphatic carbocycles. The van der Waals surface area contributed by atoms with Crippen molar-refractivity contribution in [1.82, 2.24) is 9.71 Å². The molecule has 1 N–H and O–H groups in total. The lowest BCUT2D eigenvalue weighted by molar-refractivity contribution is 0.521. The maximum absolute atomic E-state index is 10.6. The van der Waals surface area contributed by atoms with E-state index in [2.05, 4.69) is 9.71 Å². The highest BCUT2D eigenvalue weighted by Gasteiger charge is 2.38. The predicted octanol–water partition coefficient (Wildman–Crippen LogP) is 3.30. The third-order valence-electron chi connectivity index (χ3n) is 3.49. The zero-order valence-corrected chi connectivity index (χ0v) is 13.1. The predicted molar refractivity (Wildman–Crippen MR) is 82.9 cm³/mol. The van der Waals surface area contributed by atoms with Crippen molar-refractivity contribution < 1.29 is 8.76 Å². The summed E-state index contributed by atoms with van der Waals surface area (Å²) in [4.78, 5) is 4.22. The molecule has 1 saturated carbocycles. The molecule has 7 heteroatoms. The minimum atomic E-state index is -2.23. The molecular formula is C14H11Cl2N2O2S-. The molecule has 1 aliphatic rings. The molecule has 0 aliphatic heterocycles. The van der Waals surface area contributed by atoms with E-state index in [1.165, 1.54) is 0 Å². The van der Waals surface area contributed by atoms with Crippen molar-refractivity contribution in [2.24, 2.45) is 0 Å². The summed E-state index contributed by atoms with van der Waals surface area (Å²) in [7, 11) is 0. The zero-order valence-electron chi connectivity index (χ0n) is 10.8. The minimum Gasteiger partial charge on any atom is -0.760 e. The molecule has 3 rings (SSSR count). The second-order valence-electron chi connectivity index (χ2n) is 4.91. The Morgan fingerprint density at radius 3 is 2.90 bits per heavy atom. The van der Waals surface area contributed by atoms with Gasteiger partial charge in [0, 0.05) is 46.7 Å². The van der Waals surface area contributed by atoms with Crippen LogP contribution in [0.4, 0.5) is 0 Å². The Hall–Kier alpha value is -0.980. The molecule has 1 fully saturated rings. The molecule has 1 heterocycles. The fraction of sp³-hybridized carbons (Fsp3) is 0.214. The number of nitrogens with one attached hydrogen (secondary N) is 1. The SMILES string of the molecule is O=S([O-])NC1CC1c1cncc(-c2cccc(Cl)c2Cl)c1. The maximum Gasteiger partial charge on any atom is 0.0671 e. The lowest BCUT2D eigenvalue weighted by Gasteiger charge is -2.09. The van der Waals surface area contributed by atoms with Gasteiger partial charge in [-0.25, -0.2) is 4.72 Å². The highest BCUT2D eigenvalue weighted by Crippen LogP contribution is 2.42. The minimum absolute atomic E-state index is 0.0461. The van der Waals surface area contributed by atoms with E-state index >= 15 is 0 Å². The van der Waals surface area contributed by atoms with Crippen molar-refractivity contribution in [3.8, 4) is 11.1 Å². The van der Waals surface area contributed by atoms with Gasteiger partial charge in [-0.15, -0.1) is 0 Å². The molecule has 0 bridgehead atoms. The molecule has 110 valence electrons. The van der Waals surface area contributed by atoms with Crippen LogP contribution < -0.4 is 4.72 Å². The van der Waals surface area contributed by atoms with Crippen LogP contribution >= 0.6 is 23.2 Å². The van der Waals surface area contributed by atoms with Crippen molar-refractivity contribution >= 4 is 34.5 Å². The first kappa shape index (κ1) is 14.9. The monoisotopic (exact) mass is 341 g/mol. The van der Waals surface area contributed by atoms with Crippen LogP contribution in [0.5, 0.6) is 0 Å². The van der Waals surface area contributed by atoms with Gasteiger partial charge in [-0.1, -0.05) is 35.3 Å². The largest absolute Gasteiger partial charge is 0.760 e. The number of aromatic nitrogens is 1. The lowest BCUT2D eigenvalue weighted by atomic mass is 10.0. The van der Waals surface area contributed by atoms with E-state index in [0.717, 1.165) is 23.1 Å². The van der Waals surface area contributed by atoms with Crippen molar-refractivity contribution in [2.75, 3.05) is 0 Å². The summed E-state index contributed by atoms with van der Waals surface area (Å²) in [6, 6.07) is 7.37. The number of pyridine rings is 1. The fourth-order valence-electron chi connectivity index (χ4n) is 2.35. The van der Waals surface area contributed by atoms with Gasteiger partial charge in [0.15, 0.2) is 0 Å². The van der Waals surface area contributed by atoms with Crippen molar-refractivity contribution in [2.45, 2.75) is 18.4 Å². The highest BCUT2D eigenvalue weighted by molar-refractivity contribution is 7.77. The number of hydrogen-bond donors (Lipinski definition) is 1. The van der Waals surface area contributed by atoms with E-state index in [9.17, 15) is 8.76 Å². The van der Waals surface area contributed by atoms with Gasteiger partial charge in [0.25, 0.3) is 0 Å². The van der Waals surface area contributed by atoms with Crippen LogP contribution in [0.15, 0.2) is 36.7 Å². The number of nitrogens with zero attached hydrogens (tertiary/aromatic N) is 1.